The Morgan fingerprint density at radius 1 is 1.38 bits per heavy atom. The number of para-hydroxylation sites is 1. The number of hydrogen-bond donors (Lipinski definition) is 0. The molecule has 0 unspecified atom stereocenters. The van der Waals surface area contributed by atoms with Gasteiger partial charge in [0.15, 0.2) is 0 Å². The highest BCUT2D eigenvalue weighted by molar-refractivity contribution is 14.1. The number of nitrogens with zero attached hydrogens (tertiary/aromatic N) is 1. The first-order valence-electron chi connectivity index (χ1n) is 3.96. The minimum Gasteiger partial charge on any atom is -0.278 e. The largest absolute Gasteiger partial charge is 0.291 e. The Morgan fingerprint density at radius 3 is 2.77 bits per heavy atom. The lowest BCUT2D eigenvalue weighted by molar-refractivity contribution is 0.265. The maximum absolute atomic E-state index is 11.2. The molecule has 1 aromatic heterocycles. The van der Waals surface area contributed by atoms with Crippen LogP contribution in [0.15, 0.2) is 30.5 Å². The normalized spacial score (nSPS) is 10.6. The van der Waals surface area contributed by atoms with Crippen LogP contribution < -0.4 is 0 Å². The average Bonchev–Trinajstić information content (AvgIpc) is 2.45. The van der Waals surface area contributed by atoms with Gasteiger partial charge in [-0.3, -0.25) is 9.36 Å². The molecule has 1 aromatic carbocycles. The number of carbonyl (C=O) groups is 1. The molecule has 0 aliphatic heterocycles. The van der Waals surface area contributed by atoms with Crippen molar-refractivity contribution >= 4 is 37.4 Å². The van der Waals surface area contributed by atoms with Crippen molar-refractivity contribution in [1.82, 2.24) is 4.57 Å². The van der Waals surface area contributed by atoms with E-state index < -0.39 is 0 Å². The number of carbonyl (C=O) groups excluding carboxylic acids is 1. The van der Waals surface area contributed by atoms with Crippen molar-refractivity contribution in [2.45, 2.75) is 6.92 Å². The maximum Gasteiger partial charge on any atom is 0.291 e. The first-order chi connectivity index (χ1) is 6.20. The van der Waals surface area contributed by atoms with Crippen LogP contribution in [0.1, 0.15) is 5.56 Å². The molecule has 0 spiro atoms. The number of rotatable bonds is 0. The van der Waals surface area contributed by atoms with Crippen molar-refractivity contribution in [3.05, 3.63) is 36.0 Å². The van der Waals surface area contributed by atoms with Gasteiger partial charge in [0.25, 0.3) is 3.91 Å². The third kappa shape index (κ3) is 1.37. The van der Waals surface area contributed by atoms with Gasteiger partial charge in [0.05, 0.1) is 5.52 Å². The third-order valence-corrected chi connectivity index (χ3v) is 2.62. The van der Waals surface area contributed by atoms with E-state index in [4.69, 9.17) is 0 Å². The fraction of sp³-hybridized carbons (Fsp3) is 0.100. The molecule has 0 bridgehead atoms. The van der Waals surface area contributed by atoms with Crippen molar-refractivity contribution < 1.29 is 4.79 Å². The van der Waals surface area contributed by atoms with Gasteiger partial charge in [-0.1, -0.05) is 18.2 Å². The Balaban J connectivity index is 2.85. The summed E-state index contributed by atoms with van der Waals surface area (Å²) >= 11 is 1.79. The Kier molecular flexibility index (Phi) is 2.11. The summed E-state index contributed by atoms with van der Waals surface area (Å²) in [6, 6.07) is 7.91. The van der Waals surface area contributed by atoms with Gasteiger partial charge in [-0.25, -0.2) is 0 Å². The minimum atomic E-state index is 0.0295. The molecule has 1 heterocycles. The van der Waals surface area contributed by atoms with E-state index >= 15 is 0 Å². The predicted molar refractivity (Wildman–Crippen MR) is 61.5 cm³/mol. The van der Waals surface area contributed by atoms with E-state index in [2.05, 4.69) is 0 Å². The highest BCUT2D eigenvalue weighted by atomic mass is 127. The average molecular weight is 285 g/mol. The molecule has 66 valence electrons. The van der Waals surface area contributed by atoms with Crippen molar-refractivity contribution in [3.63, 3.8) is 0 Å². The maximum atomic E-state index is 11.2. The molecule has 0 N–H and O–H groups in total. The second-order valence-corrected chi connectivity index (χ2v) is 3.88. The van der Waals surface area contributed by atoms with E-state index in [9.17, 15) is 4.79 Å². The molecule has 0 saturated heterocycles. The first kappa shape index (κ1) is 8.74. The van der Waals surface area contributed by atoms with Crippen LogP contribution in [-0.2, 0) is 0 Å². The Labute approximate surface area is 89.7 Å². The van der Waals surface area contributed by atoms with E-state index in [1.165, 1.54) is 0 Å². The van der Waals surface area contributed by atoms with Gasteiger partial charge in [-0.2, -0.15) is 0 Å². The van der Waals surface area contributed by atoms with Gasteiger partial charge >= 0.3 is 0 Å². The van der Waals surface area contributed by atoms with Crippen molar-refractivity contribution in [2.24, 2.45) is 0 Å². The summed E-state index contributed by atoms with van der Waals surface area (Å²) in [5.41, 5.74) is 2.13. The quantitative estimate of drug-likeness (QED) is 0.537. The molecule has 0 saturated carbocycles. The molecule has 0 aliphatic rings. The number of aryl methyl sites for hydroxylation is 1. The second-order valence-electron chi connectivity index (χ2n) is 2.95. The van der Waals surface area contributed by atoms with Gasteiger partial charge in [-0.05, 0) is 18.6 Å². The Morgan fingerprint density at radius 2 is 2.08 bits per heavy atom. The summed E-state index contributed by atoms with van der Waals surface area (Å²) in [5, 5.41) is 1.15. The molecule has 2 aromatic rings. The van der Waals surface area contributed by atoms with Crippen LogP contribution in [0.5, 0.6) is 0 Å². The van der Waals surface area contributed by atoms with Gasteiger partial charge < -0.3 is 0 Å². The minimum absolute atomic E-state index is 0.0295. The lowest BCUT2D eigenvalue weighted by Crippen LogP contribution is -1.97. The highest BCUT2D eigenvalue weighted by Crippen LogP contribution is 2.21. The van der Waals surface area contributed by atoms with Crippen LogP contribution in [0.2, 0.25) is 0 Å². The molecule has 2 nitrogen and oxygen atoms in total. The molecular weight excluding hydrogens is 277 g/mol. The van der Waals surface area contributed by atoms with Gasteiger partial charge in [-0.15, -0.1) is 0 Å². The molecule has 0 radical (unpaired) electrons. The van der Waals surface area contributed by atoms with Crippen LogP contribution in [0.4, 0.5) is 4.79 Å². The number of halogens is 1. The summed E-state index contributed by atoms with van der Waals surface area (Å²) in [6.07, 6.45) is 1.87. The van der Waals surface area contributed by atoms with Crippen LogP contribution >= 0.6 is 22.6 Å². The van der Waals surface area contributed by atoms with Gasteiger partial charge in [0.2, 0.25) is 0 Å². The van der Waals surface area contributed by atoms with Crippen LogP contribution in [-0.4, -0.2) is 8.48 Å². The summed E-state index contributed by atoms with van der Waals surface area (Å²) < 4.78 is 1.70. The van der Waals surface area contributed by atoms with Crippen molar-refractivity contribution in [3.8, 4) is 0 Å². The third-order valence-electron chi connectivity index (χ3n) is 2.10. The monoisotopic (exact) mass is 285 g/mol. The van der Waals surface area contributed by atoms with Crippen LogP contribution in [0, 0.1) is 6.92 Å². The number of benzene rings is 1. The SMILES string of the molecule is Cc1cn(C(=O)I)c2ccccc12. The lowest BCUT2D eigenvalue weighted by Gasteiger charge is -1.95. The van der Waals surface area contributed by atoms with Crippen molar-refractivity contribution in [1.29, 1.82) is 0 Å². The van der Waals surface area contributed by atoms with Gasteiger partial charge in [0.1, 0.15) is 0 Å². The fourth-order valence-electron chi connectivity index (χ4n) is 1.50. The predicted octanol–water partition coefficient (Wildman–Crippen LogP) is 3.35. The Bertz CT molecular complexity index is 473. The van der Waals surface area contributed by atoms with E-state index in [1.54, 1.807) is 27.2 Å². The zero-order valence-electron chi connectivity index (χ0n) is 7.12. The number of aromatic nitrogens is 1. The molecule has 2 rings (SSSR count). The van der Waals surface area contributed by atoms with Crippen LogP contribution in [0.3, 0.4) is 0 Å². The summed E-state index contributed by atoms with van der Waals surface area (Å²) in [4.78, 5) is 11.2. The molecule has 0 aliphatic carbocycles. The van der Waals surface area contributed by atoms with E-state index in [1.807, 2.05) is 37.4 Å². The zero-order chi connectivity index (χ0) is 9.42. The molecular formula is C10H8INO. The van der Waals surface area contributed by atoms with E-state index in [0.717, 1.165) is 16.5 Å². The molecule has 0 fully saturated rings. The standard InChI is InChI=1S/C10H8INO/c1-7-6-12(10(11)13)9-5-3-2-4-8(7)9/h2-6H,1H3. The second kappa shape index (κ2) is 3.14. The molecule has 3 heteroatoms. The van der Waals surface area contributed by atoms with Crippen LogP contribution in [0.25, 0.3) is 10.9 Å². The topological polar surface area (TPSA) is 22.0 Å². The van der Waals surface area contributed by atoms with Gasteiger partial charge in [0, 0.05) is 34.2 Å². The zero-order valence-corrected chi connectivity index (χ0v) is 9.28. The lowest BCUT2D eigenvalue weighted by atomic mass is 10.2. The summed E-state index contributed by atoms with van der Waals surface area (Å²) in [5.74, 6) is 0. The first-order valence-corrected chi connectivity index (χ1v) is 5.04. The molecule has 0 atom stereocenters. The summed E-state index contributed by atoms with van der Waals surface area (Å²) in [7, 11) is 0. The van der Waals surface area contributed by atoms with E-state index in [-0.39, 0.29) is 3.91 Å². The molecule has 13 heavy (non-hydrogen) atoms. The smallest absolute Gasteiger partial charge is 0.278 e. The van der Waals surface area contributed by atoms with Crippen molar-refractivity contribution in [2.75, 3.05) is 0 Å². The number of hydrogen-bond acceptors (Lipinski definition) is 1. The summed E-state index contributed by atoms with van der Waals surface area (Å²) in [6.45, 7) is 2.01. The molecule has 0 amide bonds. The fourth-order valence-corrected chi connectivity index (χ4v) is 1.89. The number of fused-ring (bicyclic) bond motifs is 1. The Hall–Kier alpha value is -0.840. The highest BCUT2D eigenvalue weighted by Gasteiger charge is 2.07. The van der Waals surface area contributed by atoms with E-state index in [0.29, 0.717) is 0 Å².